The fourth-order valence-corrected chi connectivity index (χ4v) is 1.43. The predicted octanol–water partition coefficient (Wildman–Crippen LogP) is 2.21. The van der Waals surface area contributed by atoms with Gasteiger partial charge >= 0.3 is 0 Å². The molecule has 0 atom stereocenters. The van der Waals surface area contributed by atoms with Gasteiger partial charge in [-0.1, -0.05) is 6.92 Å². The summed E-state index contributed by atoms with van der Waals surface area (Å²) in [6.45, 7) is 10.0. The summed E-state index contributed by atoms with van der Waals surface area (Å²) in [6.07, 6.45) is 0.827. The van der Waals surface area contributed by atoms with E-state index in [0.717, 1.165) is 17.7 Å². The maximum absolute atomic E-state index is 9.85. The van der Waals surface area contributed by atoms with E-state index in [1.807, 2.05) is 34.6 Å². The first-order valence-electron chi connectivity index (χ1n) is 4.66. The molecule has 1 heterocycles. The fourth-order valence-electron chi connectivity index (χ4n) is 1.43. The molecule has 3 heteroatoms. The molecule has 0 saturated carbocycles. The van der Waals surface area contributed by atoms with Crippen LogP contribution in [0.4, 0.5) is 0 Å². The molecular formula is C10H18N2O. The van der Waals surface area contributed by atoms with Crippen LogP contribution >= 0.6 is 0 Å². The van der Waals surface area contributed by atoms with Crippen molar-refractivity contribution in [3.63, 3.8) is 0 Å². The van der Waals surface area contributed by atoms with E-state index < -0.39 is 0 Å². The van der Waals surface area contributed by atoms with Gasteiger partial charge in [-0.3, -0.25) is 0 Å². The quantitative estimate of drug-likeness (QED) is 0.723. The standard InChI is InChI=1S/C10H18N2O/c1-6-8-7(2)11-12(9(8)13)10(3,4)5/h13H,6H2,1-5H3. The summed E-state index contributed by atoms with van der Waals surface area (Å²) < 4.78 is 1.68. The minimum absolute atomic E-state index is 0.151. The average Bonchev–Trinajstić information content (AvgIpc) is 2.25. The van der Waals surface area contributed by atoms with Crippen molar-refractivity contribution >= 4 is 0 Å². The molecule has 0 bridgehead atoms. The Morgan fingerprint density at radius 1 is 1.38 bits per heavy atom. The van der Waals surface area contributed by atoms with Crippen molar-refractivity contribution in [2.75, 3.05) is 0 Å². The summed E-state index contributed by atoms with van der Waals surface area (Å²) in [5.41, 5.74) is 1.73. The summed E-state index contributed by atoms with van der Waals surface area (Å²) >= 11 is 0. The highest BCUT2D eigenvalue weighted by molar-refractivity contribution is 5.30. The summed E-state index contributed by atoms with van der Waals surface area (Å²) in [5.74, 6) is 0.313. The van der Waals surface area contributed by atoms with E-state index in [2.05, 4.69) is 5.10 Å². The van der Waals surface area contributed by atoms with Gasteiger partial charge in [-0.05, 0) is 34.1 Å². The van der Waals surface area contributed by atoms with Crippen LogP contribution in [0.15, 0.2) is 0 Å². The van der Waals surface area contributed by atoms with E-state index in [1.165, 1.54) is 0 Å². The maximum Gasteiger partial charge on any atom is 0.213 e. The van der Waals surface area contributed by atoms with E-state index in [4.69, 9.17) is 0 Å². The molecule has 0 saturated heterocycles. The second-order valence-electron chi connectivity index (χ2n) is 4.32. The molecule has 0 fully saturated rings. The summed E-state index contributed by atoms with van der Waals surface area (Å²) in [4.78, 5) is 0. The zero-order valence-corrected chi connectivity index (χ0v) is 9.05. The van der Waals surface area contributed by atoms with Gasteiger partial charge < -0.3 is 5.11 Å². The van der Waals surface area contributed by atoms with E-state index in [-0.39, 0.29) is 5.54 Å². The topological polar surface area (TPSA) is 38.0 Å². The normalized spacial score (nSPS) is 12.1. The van der Waals surface area contributed by atoms with Crippen molar-refractivity contribution in [2.45, 2.75) is 46.6 Å². The molecule has 0 amide bonds. The molecule has 1 rings (SSSR count). The van der Waals surface area contributed by atoms with Gasteiger partial charge in [0, 0.05) is 5.56 Å². The monoisotopic (exact) mass is 182 g/mol. The maximum atomic E-state index is 9.85. The molecule has 0 aliphatic heterocycles. The second kappa shape index (κ2) is 3.05. The number of aryl methyl sites for hydroxylation is 1. The molecule has 0 unspecified atom stereocenters. The summed E-state index contributed by atoms with van der Waals surface area (Å²) in [7, 11) is 0. The van der Waals surface area contributed by atoms with Crippen LogP contribution in [0.5, 0.6) is 5.88 Å². The Morgan fingerprint density at radius 2 is 1.92 bits per heavy atom. The third kappa shape index (κ3) is 1.69. The largest absolute Gasteiger partial charge is 0.493 e. The van der Waals surface area contributed by atoms with Gasteiger partial charge in [0.15, 0.2) is 0 Å². The van der Waals surface area contributed by atoms with Gasteiger partial charge in [0.25, 0.3) is 0 Å². The first kappa shape index (κ1) is 10.1. The number of hydrogen-bond acceptors (Lipinski definition) is 2. The van der Waals surface area contributed by atoms with Crippen LogP contribution in [-0.2, 0) is 12.0 Å². The third-order valence-corrected chi connectivity index (χ3v) is 2.15. The van der Waals surface area contributed by atoms with E-state index >= 15 is 0 Å². The lowest BCUT2D eigenvalue weighted by Crippen LogP contribution is -2.22. The van der Waals surface area contributed by atoms with Crippen LogP contribution < -0.4 is 0 Å². The van der Waals surface area contributed by atoms with E-state index in [9.17, 15) is 5.11 Å². The molecule has 3 nitrogen and oxygen atoms in total. The van der Waals surface area contributed by atoms with Crippen molar-refractivity contribution in [1.29, 1.82) is 0 Å². The minimum atomic E-state index is -0.151. The Bertz CT molecular complexity index is 307. The summed E-state index contributed by atoms with van der Waals surface area (Å²) in [6, 6.07) is 0. The molecule has 1 aromatic heterocycles. The van der Waals surface area contributed by atoms with E-state index in [1.54, 1.807) is 4.68 Å². The Morgan fingerprint density at radius 3 is 2.15 bits per heavy atom. The van der Waals surface area contributed by atoms with Crippen LogP contribution in [0, 0.1) is 6.92 Å². The molecule has 13 heavy (non-hydrogen) atoms. The third-order valence-electron chi connectivity index (χ3n) is 2.15. The molecular weight excluding hydrogens is 164 g/mol. The molecule has 0 aliphatic carbocycles. The minimum Gasteiger partial charge on any atom is -0.493 e. The Balaban J connectivity index is 3.26. The lowest BCUT2D eigenvalue weighted by molar-refractivity contribution is 0.293. The van der Waals surface area contributed by atoms with Crippen LogP contribution in [0.3, 0.4) is 0 Å². The zero-order valence-electron chi connectivity index (χ0n) is 9.05. The first-order valence-corrected chi connectivity index (χ1v) is 4.66. The molecule has 1 N–H and O–H groups in total. The van der Waals surface area contributed by atoms with Crippen molar-refractivity contribution in [3.05, 3.63) is 11.3 Å². The average molecular weight is 182 g/mol. The fraction of sp³-hybridized carbons (Fsp3) is 0.700. The van der Waals surface area contributed by atoms with Gasteiger partial charge in [-0.15, -0.1) is 0 Å². The van der Waals surface area contributed by atoms with Gasteiger partial charge in [0.1, 0.15) is 0 Å². The van der Waals surface area contributed by atoms with Crippen molar-refractivity contribution in [3.8, 4) is 5.88 Å². The predicted molar refractivity (Wildman–Crippen MR) is 53.0 cm³/mol. The van der Waals surface area contributed by atoms with Gasteiger partial charge in [0.05, 0.1) is 11.2 Å². The zero-order chi connectivity index (χ0) is 10.2. The first-order chi connectivity index (χ1) is 5.88. The second-order valence-corrected chi connectivity index (χ2v) is 4.32. The number of aromatic nitrogens is 2. The summed E-state index contributed by atoms with van der Waals surface area (Å²) in [5, 5.41) is 14.2. The Hall–Kier alpha value is -0.990. The SMILES string of the molecule is CCc1c(C)nn(C(C)(C)C)c1O. The van der Waals surface area contributed by atoms with Crippen LogP contribution in [-0.4, -0.2) is 14.9 Å². The van der Waals surface area contributed by atoms with Crippen LogP contribution in [0.25, 0.3) is 0 Å². The Labute approximate surface area is 79.4 Å². The van der Waals surface area contributed by atoms with Crippen LogP contribution in [0.2, 0.25) is 0 Å². The highest BCUT2D eigenvalue weighted by atomic mass is 16.3. The van der Waals surface area contributed by atoms with Crippen molar-refractivity contribution in [1.82, 2.24) is 9.78 Å². The van der Waals surface area contributed by atoms with Gasteiger partial charge in [0.2, 0.25) is 5.88 Å². The molecule has 0 aromatic carbocycles. The lowest BCUT2D eigenvalue weighted by atomic mass is 10.1. The molecule has 74 valence electrons. The number of aromatic hydroxyl groups is 1. The van der Waals surface area contributed by atoms with Gasteiger partial charge in [-0.25, -0.2) is 4.68 Å². The highest BCUT2D eigenvalue weighted by Crippen LogP contribution is 2.27. The van der Waals surface area contributed by atoms with Crippen molar-refractivity contribution < 1.29 is 5.11 Å². The number of hydrogen-bond donors (Lipinski definition) is 1. The number of nitrogens with zero attached hydrogens (tertiary/aromatic N) is 2. The van der Waals surface area contributed by atoms with Crippen molar-refractivity contribution in [2.24, 2.45) is 0 Å². The molecule has 0 aliphatic rings. The van der Waals surface area contributed by atoms with Gasteiger partial charge in [-0.2, -0.15) is 5.10 Å². The number of rotatable bonds is 1. The Kier molecular flexibility index (Phi) is 2.37. The highest BCUT2D eigenvalue weighted by Gasteiger charge is 2.21. The smallest absolute Gasteiger partial charge is 0.213 e. The van der Waals surface area contributed by atoms with E-state index in [0.29, 0.717) is 5.88 Å². The molecule has 0 radical (unpaired) electrons. The lowest BCUT2D eigenvalue weighted by Gasteiger charge is -2.19. The van der Waals surface area contributed by atoms with Crippen LogP contribution in [0.1, 0.15) is 39.0 Å². The molecule has 0 spiro atoms. The molecule has 1 aromatic rings.